The summed E-state index contributed by atoms with van der Waals surface area (Å²) >= 11 is 0. The van der Waals surface area contributed by atoms with Crippen molar-refractivity contribution in [3.05, 3.63) is 132 Å². The summed E-state index contributed by atoms with van der Waals surface area (Å²) in [7, 11) is 0. The summed E-state index contributed by atoms with van der Waals surface area (Å²) in [5.74, 6) is 0. The van der Waals surface area contributed by atoms with Crippen LogP contribution in [0.15, 0.2) is 121 Å². The second kappa shape index (κ2) is 8.32. The Labute approximate surface area is 201 Å². The van der Waals surface area contributed by atoms with Crippen molar-refractivity contribution in [3.63, 3.8) is 0 Å². The van der Waals surface area contributed by atoms with Gasteiger partial charge in [-0.1, -0.05) is 103 Å². The van der Waals surface area contributed by atoms with E-state index in [4.69, 9.17) is 0 Å². The topological polar surface area (TPSA) is 0 Å². The number of hydrogen-bond donors (Lipinski definition) is 0. The fourth-order valence-corrected chi connectivity index (χ4v) is 5.07. The van der Waals surface area contributed by atoms with Crippen LogP contribution in [0.5, 0.6) is 0 Å². The molecule has 0 aromatic heterocycles. The van der Waals surface area contributed by atoms with Gasteiger partial charge in [0, 0.05) is 0 Å². The molecule has 6 aromatic carbocycles. The zero-order valence-corrected chi connectivity index (χ0v) is 19.5. The van der Waals surface area contributed by atoms with Gasteiger partial charge in [0.15, 0.2) is 0 Å². The molecule has 0 unspecified atom stereocenters. The lowest BCUT2D eigenvalue weighted by atomic mass is 9.90. The van der Waals surface area contributed by atoms with Crippen LogP contribution in [0.1, 0.15) is 11.1 Å². The molecule has 0 saturated heterocycles. The van der Waals surface area contributed by atoms with E-state index in [1.807, 2.05) is 0 Å². The summed E-state index contributed by atoms with van der Waals surface area (Å²) in [6.07, 6.45) is 0. The molecule has 0 heteroatoms. The first-order chi connectivity index (χ1) is 16.7. The Morgan fingerprint density at radius 3 is 1.71 bits per heavy atom. The van der Waals surface area contributed by atoms with Gasteiger partial charge in [0.2, 0.25) is 0 Å². The number of aryl methyl sites for hydroxylation is 2. The van der Waals surface area contributed by atoms with Crippen LogP contribution in [0.3, 0.4) is 0 Å². The average molecular weight is 435 g/mol. The summed E-state index contributed by atoms with van der Waals surface area (Å²) in [5.41, 5.74) is 10.3. The van der Waals surface area contributed by atoms with E-state index in [1.165, 1.54) is 66.1 Å². The Balaban J connectivity index is 1.47. The van der Waals surface area contributed by atoms with Gasteiger partial charge in [-0.05, 0) is 98.1 Å². The van der Waals surface area contributed by atoms with Gasteiger partial charge >= 0.3 is 0 Å². The molecule has 0 heterocycles. The SMILES string of the molecule is Cc1ccccc1-c1c(C)ccc2cc(-c3ccc4ccc(-c5ccccc5)cc4c3)ccc12. The smallest absolute Gasteiger partial charge is 0.00735 e. The first-order valence-corrected chi connectivity index (χ1v) is 11.9. The third-order valence-corrected chi connectivity index (χ3v) is 6.92. The Bertz CT molecular complexity index is 1660. The van der Waals surface area contributed by atoms with E-state index in [0.717, 1.165) is 0 Å². The van der Waals surface area contributed by atoms with Crippen LogP contribution < -0.4 is 0 Å². The van der Waals surface area contributed by atoms with Gasteiger partial charge < -0.3 is 0 Å². The molecule has 0 aliphatic heterocycles. The lowest BCUT2D eigenvalue weighted by molar-refractivity contribution is 1.43. The maximum Gasteiger partial charge on any atom is -0.00735 e. The molecule has 6 rings (SSSR count). The highest BCUT2D eigenvalue weighted by Crippen LogP contribution is 2.36. The minimum absolute atomic E-state index is 1.25. The van der Waals surface area contributed by atoms with Crippen LogP contribution in [0, 0.1) is 13.8 Å². The lowest BCUT2D eigenvalue weighted by Gasteiger charge is -2.14. The van der Waals surface area contributed by atoms with Crippen molar-refractivity contribution >= 4 is 21.5 Å². The number of benzene rings is 6. The van der Waals surface area contributed by atoms with Crippen molar-refractivity contribution in [1.29, 1.82) is 0 Å². The standard InChI is InChI=1S/C34H26/c1-23-8-6-7-11-32(23)34-24(2)12-13-30-20-29(18-19-33(30)34)28-17-15-26-14-16-27(21-31(26)22-28)25-9-4-3-5-10-25/h3-22H,1-2H3. The van der Waals surface area contributed by atoms with Crippen LogP contribution in [0.4, 0.5) is 0 Å². The van der Waals surface area contributed by atoms with Crippen molar-refractivity contribution in [2.24, 2.45) is 0 Å². The predicted octanol–water partition coefficient (Wildman–Crippen LogP) is 9.61. The Morgan fingerprint density at radius 1 is 0.382 bits per heavy atom. The number of rotatable bonds is 3. The minimum atomic E-state index is 1.25. The van der Waals surface area contributed by atoms with Crippen LogP contribution in [-0.2, 0) is 0 Å². The van der Waals surface area contributed by atoms with E-state index >= 15 is 0 Å². The lowest BCUT2D eigenvalue weighted by Crippen LogP contribution is -1.90. The minimum Gasteiger partial charge on any atom is -0.0622 e. The van der Waals surface area contributed by atoms with Crippen LogP contribution in [-0.4, -0.2) is 0 Å². The second-order valence-corrected chi connectivity index (χ2v) is 9.15. The van der Waals surface area contributed by atoms with Crippen molar-refractivity contribution in [1.82, 2.24) is 0 Å². The van der Waals surface area contributed by atoms with Gasteiger partial charge in [0.05, 0.1) is 0 Å². The first-order valence-electron chi connectivity index (χ1n) is 11.9. The summed E-state index contributed by atoms with van der Waals surface area (Å²) < 4.78 is 0. The summed E-state index contributed by atoms with van der Waals surface area (Å²) in [4.78, 5) is 0. The van der Waals surface area contributed by atoms with Crippen molar-refractivity contribution < 1.29 is 0 Å². The van der Waals surface area contributed by atoms with Crippen molar-refractivity contribution in [2.45, 2.75) is 13.8 Å². The van der Waals surface area contributed by atoms with Gasteiger partial charge in [-0.25, -0.2) is 0 Å². The largest absolute Gasteiger partial charge is 0.0622 e. The third-order valence-electron chi connectivity index (χ3n) is 6.92. The molecule has 0 aliphatic carbocycles. The number of fused-ring (bicyclic) bond motifs is 2. The van der Waals surface area contributed by atoms with Crippen molar-refractivity contribution in [3.8, 4) is 33.4 Å². The molecule has 34 heavy (non-hydrogen) atoms. The zero-order chi connectivity index (χ0) is 23.1. The zero-order valence-electron chi connectivity index (χ0n) is 19.5. The van der Waals surface area contributed by atoms with E-state index in [-0.39, 0.29) is 0 Å². The molecule has 0 aliphatic rings. The van der Waals surface area contributed by atoms with E-state index in [2.05, 4.69) is 135 Å². The molecule has 0 saturated carbocycles. The summed E-state index contributed by atoms with van der Waals surface area (Å²) in [6, 6.07) is 44.2. The molecule has 6 aromatic rings. The molecule has 0 N–H and O–H groups in total. The van der Waals surface area contributed by atoms with E-state index < -0.39 is 0 Å². The quantitative estimate of drug-likeness (QED) is 0.260. The van der Waals surface area contributed by atoms with Crippen LogP contribution >= 0.6 is 0 Å². The molecule has 0 amide bonds. The van der Waals surface area contributed by atoms with Gasteiger partial charge in [0.1, 0.15) is 0 Å². The summed E-state index contributed by atoms with van der Waals surface area (Å²) in [5, 5.41) is 5.12. The molecular weight excluding hydrogens is 408 g/mol. The third kappa shape index (κ3) is 3.58. The predicted molar refractivity (Wildman–Crippen MR) is 147 cm³/mol. The molecule has 0 fully saturated rings. The van der Waals surface area contributed by atoms with Crippen molar-refractivity contribution in [2.75, 3.05) is 0 Å². The fraction of sp³-hybridized carbons (Fsp3) is 0.0588. The molecular formula is C34H26. The Morgan fingerprint density at radius 2 is 0.971 bits per heavy atom. The molecule has 0 bridgehead atoms. The molecule has 0 radical (unpaired) electrons. The summed E-state index contributed by atoms with van der Waals surface area (Å²) in [6.45, 7) is 4.41. The maximum atomic E-state index is 2.33. The van der Waals surface area contributed by atoms with E-state index in [9.17, 15) is 0 Å². The molecule has 0 spiro atoms. The van der Waals surface area contributed by atoms with E-state index in [0.29, 0.717) is 0 Å². The van der Waals surface area contributed by atoms with Crippen LogP contribution in [0.25, 0.3) is 54.9 Å². The highest BCUT2D eigenvalue weighted by molar-refractivity contribution is 6.01. The number of hydrogen-bond acceptors (Lipinski definition) is 0. The highest BCUT2D eigenvalue weighted by Gasteiger charge is 2.11. The van der Waals surface area contributed by atoms with Gasteiger partial charge in [-0.15, -0.1) is 0 Å². The van der Waals surface area contributed by atoms with Gasteiger partial charge in [0.25, 0.3) is 0 Å². The normalized spacial score (nSPS) is 11.2. The fourth-order valence-electron chi connectivity index (χ4n) is 5.07. The van der Waals surface area contributed by atoms with Crippen LogP contribution in [0.2, 0.25) is 0 Å². The Kier molecular flexibility index (Phi) is 5.00. The second-order valence-electron chi connectivity index (χ2n) is 9.15. The molecule has 162 valence electrons. The molecule has 0 atom stereocenters. The van der Waals surface area contributed by atoms with Gasteiger partial charge in [-0.3, -0.25) is 0 Å². The van der Waals surface area contributed by atoms with E-state index in [1.54, 1.807) is 0 Å². The highest BCUT2D eigenvalue weighted by atomic mass is 14.1. The average Bonchev–Trinajstić information content (AvgIpc) is 2.89. The maximum absolute atomic E-state index is 2.33. The first kappa shape index (κ1) is 20.4. The Hall–Kier alpha value is -4.16. The van der Waals surface area contributed by atoms with Gasteiger partial charge in [-0.2, -0.15) is 0 Å². The molecule has 0 nitrogen and oxygen atoms in total. The monoisotopic (exact) mass is 434 g/mol.